The first-order valence-corrected chi connectivity index (χ1v) is 8.68. The number of nitrogens with zero attached hydrogens (tertiary/aromatic N) is 1. The van der Waals surface area contributed by atoms with E-state index in [-0.39, 0.29) is 36.8 Å². The first-order valence-electron chi connectivity index (χ1n) is 8.68. The number of carbonyl (C=O) groups is 1. The molecule has 0 bridgehead atoms. The molecule has 3 rings (SSSR count). The molecule has 0 spiro atoms. The topological polar surface area (TPSA) is 81.2 Å². The molecule has 1 fully saturated rings. The van der Waals surface area contributed by atoms with Gasteiger partial charge in [0.1, 0.15) is 0 Å². The van der Waals surface area contributed by atoms with Crippen LogP contribution in [0.25, 0.3) is 11.3 Å². The molecular formula is C19H27Cl2N3O2. The van der Waals surface area contributed by atoms with Crippen LogP contribution in [0.15, 0.2) is 34.7 Å². The van der Waals surface area contributed by atoms with E-state index >= 15 is 0 Å². The highest BCUT2D eigenvalue weighted by atomic mass is 35.5. The van der Waals surface area contributed by atoms with Gasteiger partial charge in [0.25, 0.3) is 0 Å². The summed E-state index contributed by atoms with van der Waals surface area (Å²) < 4.78 is 5.85. The van der Waals surface area contributed by atoms with Gasteiger partial charge in [-0.15, -0.1) is 24.8 Å². The average Bonchev–Trinajstić information content (AvgIpc) is 3.20. The molecule has 2 aromatic rings. The van der Waals surface area contributed by atoms with Crippen LogP contribution >= 0.6 is 24.8 Å². The SMILES string of the molecule is Cc1nc(CCC(=O)NC2CCCC2CN)oc1-c1ccccc1.Cl.Cl. The van der Waals surface area contributed by atoms with Crippen molar-refractivity contribution in [1.29, 1.82) is 0 Å². The Kier molecular flexibility index (Phi) is 9.13. The van der Waals surface area contributed by atoms with Gasteiger partial charge < -0.3 is 15.5 Å². The van der Waals surface area contributed by atoms with Crippen LogP contribution < -0.4 is 11.1 Å². The van der Waals surface area contributed by atoms with Crippen LogP contribution in [0.2, 0.25) is 0 Å². The summed E-state index contributed by atoms with van der Waals surface area (Å²) in [6.45, 7) is 2.57. The smallest absolute Gasteiger partial charge is 0.220 e. The average molecular weight is 400 g/mol. The Balaban J connectivity index is 0.00000169. The fourth-order valence-electron chi connectivity index (χ4n) is 3.42. The molecule has 1 aliphatic carbocycles. The minimum atomic E-state index is 0. The van der Waals surface area contributed by atoms with E-state index < -0.39 is 0 Å². The highest BCUT2D eigenvalue weighted by molar-refractivity contribution is 5.85. The molecule has 1 aromatic carbocycles. The summed E-state index contributed by atoms with van der Waals surface area (Å²) in [6, 6.07) is 10.1. The van der Waals surface area contributed by atoms with Gasteiger partial charge in [-0.05, 0) is 32.2 Å². The van der Waals surface area contributed by atoms with Crippen LogP contribution in [0, 0.1) is 12.8 Å². The molecule has 2 atom stereocenters. The Morgan fingerprint density at radius 2 is 2.00 bits per heavy atom. The van der Waals surface area contributed by atoms with Crippen molar-refractivity contribution in [3.05, 3.63) is 41.9 Å². The van der Waals surface area contributed by atoms with Crippen molar-refractivity contribution in [2.24, 2.45) is 11.7 Å². The lowest BCUT2D eigenvalue weighted by molar-refractivity contribution is -0.122. The minimum Gasteiger partial charge on any atom is -0.440 e. The van der Waals surface area contributed by atoms with Crippen LogP contribution in [0.4, 0.5) is 0 Å². The van der Waals surface area contributed by atoms with Gasteiger partial charge in [0.05, 0.1) is 5.69 Å². The van der Waals surface area contributed by atoms with Gasteiger partial charge in [-0.3, -0.25) is 4.79 Å². The lowest BCUT2D eigenvalue weighted by atomic mass is 10.0. The van der Waals surface area contributed by atoms with Crippen LogP contribution in [-0.2, 0) is 11.2 Å². The number of halogens is 2. The van der Waals surface area contributed by atoms with Crippen LogP contribution in [0.1, 0.15) is 37.3 Å². The summed E-state index contributed by atoms with van der Waals surface area (Å²) in [4.78, 5) is 16.6. The molecule has 1 heterocycles. The van der Waals surface area contributed by atoms with Gasteiger partial charge in [0.2, 0.25) is 5.91 Å². The quantitative estimate of drug-likeness (QED) is 0.775. The summed E-state index contributed by atoms with van der Waals surface area (Å²) in [7, 11) is 0. The van der Waals surface area contributed by atoms with Crippen molar-refractivity contribution in [1.82, 2.24) is 10.3 Å². The molecule has 2 unspecified atom stereocenters. The second-order valence-electron chi connectivity index (χ2n) is 6.49. The number of nitrogens with one attached hydrogen (secondary N) is 1. The van der Waals surface area contributed by atoms with E-state index in [1.165, 1.54) is 0 Å². The Morgan fingerprint density at radius 3 is 2.69 bits per heavy atom. The Bertz CT molecular complexity index is 691. The van der Waals surface area contributed by atoms with E-state index in [0.717, 1.165) is 36.3 Å². The molecule has 1 saturated carbocycles. The minimum absolute atomic E-state index is 0. The van der Waals surface area contributed by atoms with Crippen molar-refractivity contribution in [2.45, 2.75) is 45.1 Å². The van der Waals surface area contributed by atoms with E-state index in [2.05, 4.69) is 10.3 Å². The van der Waals surface area contributed by atoms with E-state index in [1.807, 2.05) is 37.3 Å². The monoisotopic (exact) mass is 399 g/mol. The second-order valence-corrected chi connectivity index (χ2v) is 6.49. The molecule has 144 valence electrons. The first-order chi connectivity index (χ1) is 11.7. The summed E-state index contributed by atoms with van der Waals surface area (Å²) in [5.41, 5.74) is 7.63. The molecule has 0 aliphatic heterocycles. The van der Waals surface area contributed by atoms with E-state index in [4.69, 9.17) is 10.2 Å². The summed E-state index contributed by atoms with van der Waals surface area (Å²) in [5, 5.41) is 3.11. The Morgan fingerprint density at radius 1 is 1.27 bits per heavy atom. The largest absolute Gasteiger partial charge is 0.440 e. The number of carbonyl (C=O) groups excluding carboxylic acids is 1. The van der Waals surface area contributed by atoms with E-state index in [1.54, 1.807) is 0 Å². The molecule has 26 heavy (non-hydrogen) atoms. The lowest BCUT2D eigenvalue weighted by Crippen LogP contribution is -2.39. The van der Waals surface area contributed by atoms with Crippen LogP contribution in [0.5, 0.6) is 0 Å². The van der Waals surface area contributed by atoms with Gasteiger partial charge >= 0.3 is 0 Å². The molecule has 5 nitrogen and oxygen atoms in total. The molecule has 1 aromatic heterocycles. The molecule has 3 N–H and O–H groups in total. The number of rotatable bonds is 6. The number of oxazole rings is 1. The zero-order valence-electron chi connectivity index (χ0n) is 14.9. The second kappa shape index (κ2) is 10.6. The van der Waals surface area contributed by atoms with Crippen molar-refractivity contribution in [2.75, 3.05) is 6.54 Å². The zero-order valence-corrected chi connectivity index (χ0v) is 16.6. The maximum Gasteiger partial charge on any atom is 0.220 e. The number of hydrogen-bond acceptors (Lipinski definition) is 4. The van der Waals surface area contributed by atoms with Crippen molar-refractivity contribution >= 4 is 30.7 Å². The normalized spacial score (nSPS) is 18.7. The number of benzene rings is 1. The molecular weight excluding hydrogens is 373 g/mol. The summed E-state index contributed by atoms with van der Waals surface area (Å²) in [5.74, 6) is 1.87. The van der Waals surface area contributed by atoms with Gasteiger partial charge in [-0.1, -0.05) is 36.8 Å². The molecule has 0 radical (unpaired) electrons. The van der Waals surface area contributed by atoms with Crippen molar-refractivity contribution in [3.63, 3.8) is 0 Å². The highest BCUT2D eigenvalue weighted by Gasteiger charge is 2.27. The predicted molar refractivity (Wildman–Crippen MR) is 108 cm³/mol. The van der Waals surface area contributed by atoms with Gasteiger partial charge in [0.15, 0.2) is 11.7 Å². The summed E-state index contributed by atoms with van der Waals surface area (Å²) >= 11 is 0. The van der Waals surface area contributed by atoms with Gasteiger partial charge in [-0.2, -0.15) is 0 Å². The maximum absolute atomic E-state index is 12.2. The molecule has 0 saturated heterocycles. The Labute approximate surface area is 167 Å². The summed E-state index contributed by atoms with van der Waals surface area (Å²) in [6.07, 6.45) is 4.19. The fourth-order valence-corrected chi connectivity index (χ4v) is 3.42. The van der Waals surface area contributed by atoms with Gasteiger partial charge in [-0.25, -0.2) is 4.98 Å². The number of nitrogens with two attached hydrogens (primary N) is 1. The lowest BCUT2D eigenvalue weighted by Gasteiger charge is -2.19. The highest BCUT2D eigenvalue weighted by Crippen LogP contribution is 2.26. The number of aromatic nitrogens is 1. The zero-order chi connectivity index (χ0) is 16.9. The molecule has 7 heteroatoms. The number of hydrogen-bond donors (Lipinski definition) is 2. The molecule has 1 aliphatic rings. The van der Waals surface area contributed by atoms with Gasteiger partial charge in [0, 0.05) is 24.4 Å². The predicted octanol–water partition coefficient (Wildman–Crippen LogP) is 3.67. The third-order valence-corrected chi connectivity index (χ3v) is 4.75. The van der Waals surface area contributed by atoms with E-state index in [9.17, 15) is 4.79 Å². The first kappa shape index (κ1) is 22.5. The number of amides is 1. The standard InChI is InChI=1S/C19H25N3O2.2ClH/c1-13-19(14-6-3-2-4-7-14)24-18(21-13)11-10-17(23)22-16-9-5-8-15(16)12-20;;/h2-4,6-7,15-16H,5,8-12,20H2,1H3,(H,22,23);2*1H. The molecule has 1 amide bonds. The van der Waals surface area contributed by atoms with Crippen molar-refractivity contribution < 1.29 is 9.21 Å². The van der Waals surface area contributed by atoms with Crippen LogP contribution in [0.3, 0.4) is 0 Å². The maximum atomic E-state index is 12.2. The third kappa shape index (κ3) is 5.47. The Hall–Kier alpha value is -1.56. The third-order valence-electron chi connectivity index (χ3n) is 4.75. The number of aryl methyl sites for hydroxylation is 2. The fraction of sp³-hybridized carbons (Fsp3) is 0.474. The van der Waals surface area contributed by atoms with Crippen LogP contribution in [-0.4, -0.2) is 23.5 Å². The van der Waals surface area contributed by atoms with E-state index in [0.29, 0.717) is 31.2 Å². The van der Waals surface area contributed by atoms with Crippen molar-refractivity contribution in [3.8, 4) is 11.3 Å².